The van der Waals surface area contributed by atoms with Gasteiger partial charge in [0.05, 0.1) is 11.6 Å². The van der Waals surface area contributed by atoms with E-state index in [2.05, 4.69) is 0 Å². The molecule has 0 aromatic heterocycles. The number of hydrogen-bond acceptors (Lipinski definition) is 4. The summed E-state index contributed by atoms with van der Waals surface area (Å²) >= 11 is 0. The van der Waals surface area contributed by atoms with E-state index >= 15 is 0 Å². The molecule has 1 N–H and O–H groups in total. The van der Waals surface area contributed by atoms with Crippen molar-refractivity contribution < 1.29 is 19.1 Å². The molecule has 1 unspecified atom stereocenters. The lowest BCUT2D eigenvalue weighted by Crippen LogP contribution is -2.36. The van der Waals surface area contributed by atoms with Crippen LogP contribution in [0.3, 0.4) is 0 Å². The molecule has 2 aromatic rings. The van der Waals surface area contributed by atoms with Crippen molar-refractivity contribution in [3.05, 3.63) is 88.9 Å². The van der Waals surface area contributed by atoms with Gasteiger partial charge in [0.25, 0.3) is 5.91 Å². The lowest BCUT2D eigenvalue weighted by atomic mass is 9.95. The summed E-state index contributed by atoms with van der Waals surface area (Å²) in [6.07, 6.45) is 2.91. The third-order valence-electron chi connectivity index (χ3n) is 4.78. The van der Waals surface area contributed by atoms with Crippen molar-refractivity contribution >= 4 is 17.8 Å². The van der Waals surface area contributed by atoms with Crippen molar-refractivity contribution in [2.45, 2.75) is 6.04 Å². The number of carbonyl (C=O) groups is 2. The Hall–Kier alpha value is -3.25. The number of likely N-dealkylation sites (N-methyl/N-ethyl adjacent to an activating group) is 1. The number of aliphatic hydroxyl groups is 1. The molecule has 0 saturated heterocycles. The van der Waals surface area contributed by atoms with Crippen LogP contribution in [0.4, 0.5) is 4.39 Å². The van der Waals surface area contributed by atoms with Gasteiger partial charge in [-0.1, -0.05) is 54.6 Å². The van der Waals surface area contributed by atoms with E-state index in [0.29, 0.717) is 6.54 Å². The molecule has 6 heteroatoms. The fourth-order valence-corrected chi connectivity index (χ4v) is 3.29. The largest absolute Gasteiger partial charge is 0.503 e. The zero-order valence-electron chi connectivity index (χ0n) is 16.4. The van der Waals surface area contributed by atoms with Crippen molar-refractivity contribution in [3.63, 3.8) is 0 Å². The van der Waals surface area contributed by atoms with Gasteiger partial charge in [-0.15, -0.1) is 0 Å². The van der Waals surface area contributed by atoms with E-state index in [0.717, 1.165) is 5.56 Å². The van der Waals surface area contributed by atoms with Crippen LogP contribution in [-0.2, 0) is 9.59 Å². The number of aliphatic hydroxyl groups excluding tert-OH is 1. The molecular formula is C23H23FN2O3. The highest BCUT2D eigenvalue weighted by atomic mass is 19.1. The normalized spacial score (nSPS) is 17.0. The standard InChI is InChI=1S/C23H23FN2O3/c1-25(2)14-15-26-21(17-10-6-7-11-18(17)24)20(22(28)23(26)29)19(27)13-12-16-8-4-3-5-9-16/h3-13,21,28H,14-15H2,1-2H3/b13-12+. The minimum absolute atomic E-state index is 0.106. The maximum Gasteiger partial charge on any atom is 0.290 e. The average molecular weight is 394 g/mol. The van der Waals surface area contributed by atoms with Gasteiger partial charge in [0, 0.05) is 18.7 Å². The molecule has 1 heterocycles. The van der Waals surface area contributed by atoms with Crippen molar-refractivity contribution in [2.75, 3.05) is 27.2 Å². The first kappa shape index (κ1) is 20.5. The highest BCUT2D eigenvalue weighted by Crippen LogP contribution is 2.38. The molecule has 0 aliphatic carbocycles. The summed E-state index contributed by atoms with van der Waals surface area (Å²) < 4.78 is 14.6. The van der Waals surface area contributed by atoms with Crippen LogP contribution in [0.25, 0.3) is 6.08 Å². The van der Waals surface area contributed by atoms with Crippen LogP contribution in [0.2, 0.25) is 0 Å². The molecule has 1 aliphatic rings. The highest BCUT2D eigenvalue weighted by molar-refractivity contribution is 6.14. The minimum Gasteiger partial charge on any atom is -0.503 e. The average Bonchev–Trinajstić information content (AvgIpc) is 2.96. The van der Waals surface area contributed by atoms with Crippen LogP contribution >= 0.6 is 0 Å². The summed E-state index contributed by atoms with van der Waals surface area (Å²) in [6.45, 7) is 0.749. The zero-order chi connectivity index (χ0) is 21.0. The Morgan fingerprint density at radius 3 is 2.45 bits per heavy atom. The maximum absolute atomic E-state index is 14.6. The van der Waals surface area contributed by atoms with Crippen LogP contribution in [0, 0.1) is 5.82 Å². The van der Waals surface area contributed by atoms with Crippen LogP contribution < -0.4 is 0 Å². The fraction of sp³-hybridized carbons (Fsp3) is 0.217. The Bertz CT molecular complexity index is 967. The molecule has 1 atom stereocenters. The van der Waals surface area contributed by atoms with Gasteiger partial charge in [0.15, 0.2) is 11.5 Å². The molecule has 29 heavy (non-hydrogen) atoms. The Morgan fingerprint density at radius 1 is 1.14 bits per heavy atom. The van der Waals surface area contributed by atoms with E-state index in [1.165, 1.54) is 23.1 Å². The van der Waals surface area contributed by atoms with Gasteiger partial charge >= 0.3 is 0 Å². The second-order valence-electron chi connectivity index (χ2n) is 7.10. The number of benzene rings is 2. The van der Waals surface area contributed by atoms with Gasteiger partial charge in [-0.25, -0.2) is 4.39 Å². The molecule has 5 nitrogen and oxygen atoms in total. The molecule has 0 fully saturated rings. The van der Waals surface area contributed by atoms with E-state index < -0.39 is 29.3 Å². The van der Waals surface area contributed by atoms with Crippen LogP contribution in [-0.4, -0.2) is 53.8 Å². The molecule has 2 aromatic carbocycles. The smallest absolute Gasteiger partial charge is 0.290 e. The number of ketones is 1. The number of hydrogen-bond donors (Lipinski definition) is 1. The predicted molar refractivity (Wildman–Crippen MR) is 110 cm³/mol. The third-order valence-corrected chi connectivity index (χ3v) is 4.78. The molecular weight excluding hydrogens is 371 g/mol. The first-order chi connectivity index (χ1) is 13.9. The van der Waals surface area contributed by atoms with Crippen LogP contribution in [0.5, 0.6) is 0 Å². The minimum atomic E-state index is -0.975. The summed E-state index contributed by atoms with van der Waals surface area (Å²) in [4.78, 5) is 28.9. The van der Waals surface area contributed by atoms with Gasteiger partial charge < -0.3 is 14.9 Å². The summed E-state index contributed by atoms with van der Waals surface area (Å²) in [5.41, 5.74) is 0.878. The molecule has 0 bridgehead atoms. The summed E-state index contributed by atoms with van der Waals surface area (Å²) in [6, 6.07) is 14.2. The van der Waals surface area contributed by atoms with Crippen LogP contribution in [0.15, 0.2) is 72.0 Å². The van der Waals surface area contributed by atoms with E-state index in [1.54, 1.807) is 18.2 Å². The Morgan fingerprint density at radius 2 is 1.79 bits per heavy atom. The molecule has 0 saturated carbocycles. The molecule has 1 amide bonds. The summed E-state index contributed by atoms with van der Waals surface area (Å²) in [5.74, 6) is -2.36. The molecule has 0 radical (unpaired) electrons. The first-order valence-corrected chi connectivity index (χ1v) is 9.31. The van der Waals surface area contributed by atoms with E-state index in [-0.39, 0.29) is 17.7 Å². The Kier molecular flexibility index (Phi) is 6.24. The van der Waals surface area contributed by atoms with Gasteiger partial charge in [-0.05, 0) is 31.8 Å². The summed E-state index contributed by atoms with van der Waals surface area (Å²) in [7, 11) is 3.70. The fourth-order valence-electron chi connectivity index (χ4n) is 3.29. The number of rotatable bonds is 7. The molecule has 1 aliphatic heterocycles. The number of carbonyl (C=O) groups excluding carboxylic acids is 2. The Labute approximate surface area is 169 Å². The molecule has 150 valence electrons. The predicted octanol–water partition coefficient (Wildman–Crippen LogP) is 3.37. The quantitative estimate of drug-likeness (QED) is 0.732. The Balaban J connectivity index is 2.00. The zero-order valence-corrected chi connectivity index (χ0v) is 16.4. The lowest BCUT2D eigenvalue weighted by Gasteiger charge is -2.28. The first-order valence-electron chi connectivity index (χ1n) is 9.31. The van der Waals surface area contributed by atoms with Gasteiger partial charge in [-0.2, -0.15) is 0 Å². The van der Waals surface area contributed by atoms with Gasteiger partial charge in [0.1, 0.15) is 5.82 Å². The summed E-state index contributed by atoms with van der Waals surface area (Å²) in [5, 5.41) is 10.5. The topological polar surface area (TPSA) is 60.9 Å². The van der Waals surface area contributed by atoms with Crippen molar-refractivity contribution in [2.24, 2.45) is 0 Å². The van der Waals surface area contributed by atoms with Crippen molar-refractivity contribution in [3.8, 4) is 0 Å². The van der Waals surface area contributed by atoms with E-state index in [4.69, 9.17) is 0 Å². The number of halogens is 1. The number of allylic oxidation sites excluding steroid dienone is 1. The van der Waals surface area contributed by atoms with Crippen LogP contribution in [0.1, 0.15) is 17.2 Å². The molecule has 3 rings (SSSR count). The number of amides is 1. The van der Waals surface area contributed by atoms with Gasteiger partial charge in [-0.3, -0.25) is 9.59 Å². The van der Waals surface area contributed by atoms with Crippen molar-refractivity contribution in [1.82, 2.24) is 9.80 Å². The monoisotopic (exact) mass is 394 g/mol. The maximum atomic E-state index is 14.6. The number of nitrogens with zero attached hydrogens (tertiary/aromatic N) is 2. The van der Waals surface area contributed by atoms with Gasteiger partial charge in [0.2, 0.25) is 0 Å². The SMILES string of the molecule is CN(C)CCN1C(=O)C(O)=C(C(=O)/C=C/c2ccccc2)C1c1ccccc1F. The molecule has 0 spiro atoms. The van der Waals surface area contributed by atoms with E-state index in [9.17, 15) is 19.1 Å². The third kappa shape index (κ3) is 4.43. The second-order valence-corrected chi connectivity index (χ2v) is 7.10. The second kappa shape index (κ2) is 8.84. The van der Waals surface area contributed by atoms with E-state index in [1.807, 2.05) is 49.3 Å². The van der Waals surface area contributed by atoms with Crippen molar-refractivity contribution in [1.29, 1.82) is 0 Å². The highest BCUT2D eigenvalue weighted by Gasteiger charge is 2.43. The lowest BCUT2D eigenvalue weighted by molar-refractivity contribution is -0.129.